The third-order valence-corrected chi connectivity index (χ3v) is 2.94. The van der Waals surface area contributed by atoms with Gasteiger partial charge in [0.05, 0.1) is 6.04 Å². The van der Waals surface area contributed by atoms with E-state index in [9.17, 15) is 9.59 Å². The minimum absolute atomic E-state index is 0.0594. The zero-order valence-electron chi connectivity index (χ0n) is 9.98. The molecule has 0 aromatic carbocycles. The lowest BCUT2D eigenvalue weighted by Crippen LogP contribution is -2.43. The second-order valence-corrected chi connectivity index (χ2v) is 4.28. The zero-order valence-corrected chi connectivity index (χ0v) is 9.98. The minimum atomic E-state index is -0.813. The Bertz CT molecular complexity index is 335. The van der Waals surface area contributed by atoms with Crippen molar-refractivity contribution in [3.05, 3.63) is 0 Å². The van der Waals surface area contributed by atoms with Crippen molar-refractivity contribution >= 4 is 12.0 Å². The van der Waals surface area contributed by atoms with Gasteiger partial charge in [-0.1, -0.05) is 12.8 Å². The second-order valence-electron chi connectivity index (χ2n) is 4.28. The highest BCUT2D eigenvalue weighted by molar-refractivity contribution is 5.75. The molecular formula is C12H18N2O3. The van der Waals surface area contributed by atoms with Crippen LogP contribution in [0.4, 0.5) is 4.79 Å². The summed E-state index contributed by atoms with van der Waals surface area (Å²) in [5, 5.41) is 11.4. The van der Waals surface area contributed by atoms with Crippen LogP contribution >= 0.6 is 0 Å². The standard InChI is InChI=1S/C12H18N2O3/c1-3-10(4-2)13-12(17)14-6-5-9(8-14)7-11(15)16/h1,9-10H,4-8H2,2H3,(H,13,17)(H,15,16). The fraction of sp³-hybridized carbons (Fsp3) is 0.667. The van der Waals surface area contributed by atoms with E-state index in [-0.39, 0.29) is 24.4 Å². The number of aliphatic carboxylic acids is 1. The largest absolute Gasteiger partial charge is 0.481 e. The van der Waals surface area contributed by atoms with Crippen molar-refractivity contribution in [2.75, 3.05) is 13.1 Å². The van der Waals surface area contributed by atoms with Gasteiger partial charge in [-0.2, -0.15) is 0 Å². The van der Waals surface area contributed by atoms with E-state index in [2.05, 4.69) is 11.2 Å². The lowest BCUT2D eigenvalue weighted by molar-refractivity contribution is -0.138. The topological polar surface area (TPSA) is 69.6 Å². The van der Waals surface area contributed by atoms with Crippen LogP contribution in [0, 0.1) is 18.3 Å². The van der Waals surface area contributed by atoms with Gasteiger partial charge in [0.25, 0.3) is 0 Å². The maximum atomic E-state index is 11.8. The van der Waals surface area contributed by atoms with Gasteiger partial charge >= 0.3 is 12.0 Å². The van der Waals surface area contributed by atoms with E-state index in [1.807, 2.05) is 6.92 Å². The van der Waals surface area contributed by atoms with Crippen molar-refractivity contribution < 1.29 is 14.7 Å². The van der Waals surface area contributed by atoms with Gasteiger partial charge in [-0.05, 0) is 18.8 Å². The van der Waals surface area contributed by atoms with E-state index < -0.39 is 5.97 Å². The molecule has 2 amide bonds. The lowest BCUT2D eigenvalue weighted by Gasteiger charge is -2.19. The highest BCUT2D eigenvalue weighted by Gasteiger charge is 2.28. The Balaban J connectivity index is 2.40. The number of nitrogens with one attached hydrogen (secondary N) is 1. The SMILES string of the molecule is C#CC(CC)NC(=O)N1CCC(CC(=O)O)C1. The van der Waals surface area contributed by atoms with Crippen molar-refractivity contribution in [3.8, 4) is 12.3 Å². The molecule has 2 atom stereocenters. The van der Waals surface area contributed by atoms with Crippen LogP contribution in [-0.4, -0.2) is 41.1 Å². The fourth-order valence-corrected chi connectivity index (χ4v) is 1.93. The number of carbonyl (C=O) groups excluding carboxylic acids is 1. The van der Waals surface area contributed by atoms with Crippen LogP contribution in [0.3, 0.4) is 0 Å². The molecule has 0 aromatic heterocycles. The summed E-state index contributed by atoms with van der Waals surface area (Å²) >= 11 is 0. The number of rotatable bonds is 4. The molecule has 1 aliphatic rings. The lowest BCUT2D eigenvalue weighted by atomic mass is 10.1. The second kappa shape index (κ2) is 6.14. The van der Waals surface area contributed by atoms with Crippen LogP contribution in [0.5, 0.6) is 0 Å². The molecule has 0 bridgehead atoms. The number of nitrogens with zero attached hydrogens (tertiary/aromatic N) is 1. The molecule has 17 heavy (non-hydrogen) atoms. The molecule has 1 aliphatic heterocycles. The van der Waals surface area contributed by atoms with Crippen LogP contribution < -0.4 is 5.32 Å². The summed E-state index contributed by atoms with van der Waals surface area (Å²) in [5.74, 6) is 1.74. The highest BCUT2D eigenvalue weighted by Crippen LogP contribution is 2.19. The number of likely N-dealkylation sites (tertiary alicyclic amines) is 1. The Morgan fingerprint density at radius 2 is 2.35 bits per heavy atom. The summed E-state index contributed by atoms with van der Waals surface area (Å²) in [5.41, 5.74) is 0. The van der Waals surface area contributed by atoms with Gasteiger partial charge in [-0.15, -0.1) is 6.42 Å². The molecule has 1 heterocycles. The van der Waals surface area contributed by atoms with E-state index in [1.165, 1.54) is 0 Å². The molecule has 0 spiro atoms. The number of hydrogen-bond acceptors (Lipinski definition) is 2. The monoisotopic (exact) mass is 238 g/mol. The Morgan fingerprint density at radius 1 is 1.65 bits per heavy atom. The normalized spacial score (nSPS) is 20.7. The predicted octanol–water partition coefficient (Wildman–Crippen LogP) is 0.904. The average molecular weight is 238 g/mol. The number of carbonyl (C=O) groups is 2. The summed E-state index contributed by atoms with van der Waals surface area (Å²) < 4.78 is 0. The van der Waals surface area contributed by atoms with E-state index in [4.69, 9.17) is 11.5 Å². The van der Waals surface area contributed by atoms with Crippen molar-refractivity contribution in [1.29, 1.82) is 0 Å². The molecule has 2 unspecified atom stereocenters. The molecule has 0 saturated carbocycles. The van der Waals surface area contributed by atoms with Crippen LogP contribution in [0.1, 0.15) is 26.2 Å². The average Bonchev–Trinajstić information content (AvgIpc) is 2.73. The number of carboxylic acid groups (broad SMARTS) is 1. The molecule has 1 saturated heterocycles. The van der Waals surface area contributed by atoms with Crippen molar-refractivity contribution in [3.63, 3.8) is 0 Å². The first-order valence-corrected chi connectivity index (χ1v) is 5.80. The number of carboxylic acids is 1. The van der Waals surface area contributed by atoms with Crippen LogP contribution in [0.15, 0.2) is 0 Å². The molecule has 2 N–H and O–H groups in total. The molecule has 1 rings (SSSR count). The van der Waals surface area contributed by atoms with Crippen molar-refractivity contribution in [1.82, 2.24) is 10.2 Å². The number of amides is 2. The van der Waals surface area contributed by atoms with Crippen molar-refractivity contribution in [2.45, 2.75) is 32.2 Å². The molecule has 5 nitrogen and oxygen atoms in total. The molecule has 0 radical (unpaired) electrons. The maximum absolute atomic E-state index is 11.8. The third-order valence-electron chi connectivity index (χ3n) is 2.94. The molecule has 94 valence electrons. The molecule has 0 aromatic rings. The van der Waals surface area contributed by atoms with Crippen LogP contribution in [-0.2, 0) is 4.79 Å². The summed E-state index contributed by atoms with van der Waals surface area (Å²) in [7, 11) is 0. The molecular weight excluding hydrogens is 220 g/mol. The number of urea groups is 1. The van der Waals surface area contributed by atoms with Gasteiger partial charge in [-0.25, -0.2) is 4.79 Å². The van der Waals surface area contributed by atoms with E-state index >= 15 is 0 Å². The summed E-state index contributed by atoms with van der Waals surface area (Å²) in [4.78, 5) is 24.0. The van der Waals surface area contributed by atoms with E-state index in [1.54, 1.807) is 4.90 Å². The zero-order chi connectivity index (χ0) is 12.8. The van der Waals surface area contributed by atoms with Gasteiger partial charge in [0.1, 0.15) is 0 Å². The third kappa shape index (κ3) is 3.99. The number of hydrogen-bond donors (Lipinski definition) is 2. The van der Waals surface area contributed by atoms with Gasteiger partial charge in [0.2, 0.25) is 0 Å². The van der Waals surface area contributed by atoms with Crippen molar-refractivity contribution in [2.24, 2.45) is 5.92 Å². The van der Waals surface area contributed by atoms with E-state index in [0.29, 0.717) is 19.5 Å². The Labute approximate surface area is 101 Å². The quantitative estimate of drug-likeness (QED) is 0.715. The van der Waals surface area contributed by atoms with Crippen LogP contribution in [0.25, 0.3) is 0 Å². The smallest absolute Gasteiger partial charge is 0.318 e. The van der Waals surface area contributed by atoms with Gasteiger partial charge in [-0.3, -0.25) is 4.79 Å². The summed E-state index contributed by atoms with van der Waals surface area (Å²) in [6.07, 6.45) is 6.82. The first-order valence-electron chi connectivity index (χ1n) is 5.80. The maximum Gasteiger partial charge on any atom is 0.318 e. The first kappa shape index (κ1) is 13.4. The Morgan fingerprint density at radius 3 is 2.88 bits per heavy atom. The molecule has 1 fully saturated rings. The Hall–Kier alpha value is -1.70. The Kier molecular flexibility index (Phi) is 4.83. The summed E-state index contributed by atoms with van der Waals surface area (Å²) in [6, 6.07) is -0.441. The summed E-state index contributed by atoms with van der Waals surface area (Å²) in [6.45, 7) is 3.01. The fourth-order valence-electron chi connectivity index (χ4n) is 1.93. The first-order chi connectivity index (χ1) is 8.06. The molecule has 0 aliphatic carbocycles. The van der Waals surface area contributed by atoms with Gasteiger partial charge < -0.3 is 15.3 Å². The predicted molar refractivity (Wildman–Crippen MR) is 63.4 cm³/mol. The van der Waals surface area contributed by atoms with Crippen LogP contribution in [0.2, 0.25) is 0 Å². The van der Waals surface area contributed by atoms with Gasteiger partial charge in [0.15, 0.2) is 0 Å². The van der Waals surface area contributed by atoms with Gasteiger partial charge in [0, 0.05) is 19.5 Å². The highest BCUT2D eigenvalue weighted by atomic mass is 16.4. The minimum Gasteiger partial charge on any atom is -0.481 e. The number of terminal acetylenes is 1. The molecule has 5 heteroatoms. The van der Waals surface area contributed by atoms with E-state index in [0.717, 1.165) is 6.42 Å².